The van der Waals surface area contributed by atoms with Crippen LogP contribution >= 0.6 is 0 Å². The lowest BCUT2D eigenvalue weighted by Gasteiger charge is -2.18. The molecule has 0 spiro atoms. The molecule has 1 unspecified atom stereocenters. The van der Waals surface area contributed by atoms with Crippen molar-refractivity contribution in [1.82, 2.24) is 0 Å². The molecule has 1 atom stereocenters. The summed E-state index contributed by atoms with van der Waals surface area (Å²) in [6, 6.07) is 0. The number of hydrogen-bond donors (Lipinski definition) is 0. The first kappa shape index (κ1) is 70.0. The standard InChI is InChI=1S/C69H108O6/c1-4-7-10-13-16-19-22-25-28-30-32-34-36-38-41-44-47-50-53-56-59-62-68(71)74-65-66(64-73-67(70)61-58-55-52-49-46-43-40-27-24-21-18-15-12-9-6-3)75-69(72)63-60-57-54-51-48-45-42-39-37-35-33-31-29-26-23-20-17-14-11-8-5-2/h7-8,10-11,16-21,25-29,32-35,38-42,47,50,66H,4-6,9,12-15,22-24,30-31,36-37,43-46,48-49,51-65H2,1-3H3/b10-7-,11-8-,19-16-,20-17-,21-18-,28-25-,29-26-,34-32-,35-33-,40-27-,41-38-,42-39-,50-47-. The highest BCUT2D eigenvalue weighted by Crippen LogP contribution is 2.13. The van der Waals surface area contributed by atoms with Gasteiger partial charge < -0.3 is 14.2 Å². The number of rotatable bonds is 52. The van der Waals surface area contributed by atoms with Crippen molar-refractivity contribution < 1.29 is 28.6 Å². The Morgan fingerprint density at radius 1 is 0.280 bits per heavy atom. The van der Waals surface area contributed by atoms with Gasteiger partial charge in [-0.15, -0.1) is 0 Å². The van der Waals surface area contributed by atoms with Gasteiger partial charge in [0.25, 0.3) is 0 Å². The number of hydrogen-bond acceptors (Lipinski definition) is 6. The van der Waals surface area contributed by atoms with Crippen molar-refractivity contribution in [1.29, 1.82) is 0 Å². The molecule has 0 N–H and O–H groups in total. The highest BCUT2D eigenvalue weighted by Gasteiger charge is 2.19. The van der Waals surface area contributed by atoms with Gasteiger partial charge in [0.1, 0.15) is 13.2 Å². The van der Waals surface area contributed by atoms with Crippen LogP contribution in [-0.2, 0) is 28.6 Å². The van der Waals surface area contributed by atoms with Crippen molar-refractivity contribution in [3.8, 4) is 0 Å². The molecular weight excluding hydrogens is 925 g/mol. The first-order chi connectivity index (χ1) is 37.0. The molecule has 0 amide bonds. The van der Waals surface area contributed by atoms with Gasteiger partial charge in [0.15, 0.2) is 6.10 Å². The van der Waals surface area contributed by atoms with Gasteiger partial charge in [0.2, 0.25) is 0 Å². The third-order valence-corrected chi connectivity index (χ3v) is 12.0. The highest BCUT2D eigenvalue weighted by molar-refractivity contribution is 5.71. The molecule has 0 heterocycles. The SMILES string of the molecule is CC/C=C\C/C=C\C/C=C\C/C=C\C/C=C\C/C=C\CCCCC(=O)OCC(COC(=O)CCCCCCC/C=C\C/C=C\CCCCC)OC(=O)CCCCCCC/C=C\C/C=C\C/C=C\C/C=C\C/C=C\CC. The average Bonchev–Trinajstić information content (AvgIpc) is 3.41. The fourth-order valence-corrected chi connectivity index (χ4v) is 7.56. The van der Waals surface area contributed by atoms with Gasteiger partial charge in [-0.05, 0) is 148 Å². The van der Waals surface area contributed by atoms with Gasteiger partial charge in [-0.3, -0.25) is 14.4 Å². The molecule has 0 aromatic rings. The van der Waals surface area contributed by atoms with E-state index < -0.39 is 6.10 Å². The Labute approximate surface area is 460 Å². The number of carbonyl (C=O) groups excluding carboxylic acids is 3. The van der Waals surface area contributed by atoms with Crippen molar-refractivity contribution >= 4 is 17.9 Å². The second-order valence-electron chi connectivity index (χ2n) is 19.1. The Balaban J connectivity index is 4.56. The molecule has 420 valence electrons. The first-order valence-corrected chi connectivity index (χ1v) is 30.0. The molecule has 0 aromatic carbocycles. The van der Waals surface area contributed by atoms with E-state index in [1.165, 1.54) is 25.7 Å². The third-order valence-electron chi connectivity index (χ3n) is 12.0. The maximum absolute atomic E-state index is 12.9. The Kier molecular flexibility index (Phi) is 57.5. The van der Waals surface area contributed by atoms with Gasteiger partial charge in [-0.25, -0.2) is 0 Å². The fourth-order valence-electron chi connectivity index (χ4n) is 7.56. The van der Waals surface area contributed by atoms with Crippen LogP contribution in [0.5, 0.6) is 0 Å². The monoisotopic (exact) mass is 1030 g/mol. The van der Waals surface area contributed by atoms with Gasteiger partial charge in [-0.1, -0.05) is 230 Å². The van der Waals surface area contributed by atoms with Crippen LogP contribution in [0.15, 0.2) is 158 Å². The molecular formula is C69H108O6. The largest absolute Gasteiger partial charge is 0.462 e. The van der Waals surface area contributed by atoms with E-state index in [2.05, 4.69) is 179 Å². The van der Waals surface area contributed by atoms with Crippen molar-refractivity contribution in [3.63, 3.8) is 0 Å². The molecule has 6 heteroatoms. The van der Waals surface area contributed by atoms with Crippen LogP contribution in [0.1, 0.15) is 239 Å². The fraction of sp³-hybridized carbons (Fsp3) is 0.580. The van der Waals surface area contributed by atoms with E-state index in [0.29, 0.717) is 12.8 Å². The zero-order valence-corrected chi connectivity index (χ0v) is 48.0. The lowest BCUT2D eigenvalue weighted by atomic mass is 10.1. The van der Waals surface area contributed by atoms with Crippen LogP contribution in [0.2, 0.25) is 0 Å². The van der Waals surface area contributed by atoms with E-state index in [4.69, 9.17) is 14.2 Å². The maximum atomic E-state index is 12.9. The highest BCUT2D eigenvalue weighted by atomic mass is 16.6. The van der Waals surface area contributed by atoms with Gasteiger partial charge in [0, 0.05) is 19.3 Å². The number of esters is 3. The first-order valence-electron chi connectivity index (χ1n) is 30.0. The molecule has 0 bridgehead atoms. The minimum atomic E-state index is -0.822. The molecule has 0 aliphatic rings. The maximum Gasteiger partial charge on any atom is 0.306 e. The Bertz CT molecular complexity index is 1710. The topological polar surface area (TPSA) is 78.9 Å². The zero-order chi connectivity index (χ0) is 54.3. The summed E-state index contributed by atoms with van der Waals surface area (Å²) in [4.78, 5) is 38.3. The van der Waals surface area contributed by atoms with E-state index in [0.717, 1.165) is 167 Å². The lowest BCUT2D eigenvalue weighted by molar-refractivity contribution is -0.167. The second-order valence-corrected chi connectivity index (χ2v) is 19.1. The second kappa shape index (κ2) is 61.6. The van der Waals surface area contributed by atoms with E-state index in [9.17, 15) is 14.4 Å². The van der Waals surface area contributed by atoms with Crippen LogP contribution in [0.3, 0.4) is 0 Å². The summed E-state index contributed by atoms with van der Waals surface area (Å²) in [5, 5.41) is 0. The van der Waals surface area contributed by atoms with E-state index >= 15 is 0 Å². The van der Waals surface area contributed by atoms with Crippen molar-refractivity contribution in [2.45, 2.75) is 245 Å². The molecule has 0 fully saturated rings. The Morgan fingerprint density at radius 2 is 0.520 bits per heavy atom. The van der Waals surface area contributed by atoms with E-state index in [-0.39, 0.29) is 44.0 Å². The summed E-state index contributed by atoms with van der Waals surface area (Å²) < 4.78 is 16.8. The summed E-state index contributed by atoms with van der Waals surface area (Å²) in [6.07, 6.45) is 89.4. The Hall–Kier alpha value is -4.97. The zero-order valence-electron chi connectivity index (χ0n) is 48.0. The smallest absolute Gasteiger partial charge is 0.306 e. The molecule has 0 radical (unpaired) electrons. The molecule has 0 saturated heterocycles. The summed E-state index contributed by atoms with van der Waals surface area (Å²) in [5.74, 6) is -0.997. The Morgan fingerprint density at radius 3 is 0.840 bits per heavy atom. The number of carbonyl (C=O) groups is 3. The molecule has 0 aliphatic carbocycles. The van der Waals surface area contributed by atoms with Crippen LogP contribution in [0.4, 0.5) is 0 Å². The van der Waals surface area contributed by atoms with Crippen molar-refractivity contribution in [2.75, 3.05) is 13.2 Å². The van der Waals surface area contributed by atoms with Gasteiger partial charge in [-0.2, -0.15) is 0 Å². The average molecular weight is 1030 g/mol. The third kappa shape index (κ3) is 59.8. The van der Waals surface area contributed by atoms with Gasteiger partial charge >= 0.3 is 17.9 Å². The number of unbranched alkanes of at least 4 members (excludes halogenated alkanes) is 15. The normalized spacial score (nSPS) is 13.3. The molecule has 0 aromatic heterocycles. The van der Waals surface area contributed by atoms with Crippen LogP contribution < -0.4 is 0 Å². The summed E-state index contributed by atoms with van der Waals surface area (Å²) in [6.45, 7) is 6.31. The van der Waals surface area contributed by atoms with Crippen LogP contribution in [0.25, 0.3) is 0 Å². The molecule has 0 rings (SSSR count). The van der Waals surface area contributed by atoms with E-state index in [1.807, 2.05) is 0 Å². The minimum Gasteiger partial charge on any atom is -0.462 e. The van der Waals surface area contributed by atoms with Crippen LogP contribution in [0, 0.1) is 0 Å². The molecule has 6 nitrogen and oxygen atoms in total. The predicted octanol–water partition coefficient (Wildman–Crippen LogP) is 20.5. The van der Waals surface area contributed by atoms with E-state index in [1.54, 1.807) is 0 Å². The molecule has 75 heavy (non-hydrogen) atoms. The number of ether oxygens (including phenoxy) is 3. The summed E-state index contributed by atoms with van der Waals surface area (Å²) in [5.41, 5.74) is 0. The van der Waals surface area contributed by atoms with Crippen LogP contribution in [-0.4, -0.2) is 37.2 Å². The van der Waals surface area contributed by atoms with Crippen molar-refractivity contribution in [2.24, 2.45) is 0 Å². The summed E-state index contributed by atoms with van der Waals surface area (Å²) >= 11 is 0. The molecule has 0 saturated carbocycles. The summed E-state index contributed by atoms with van der Waals surface area (Å²) in [7, 11) is 0. The molecule has 0 aliphatic heterocycles. The number of allylic oxidation sites excluding steroid dienone is 26. The predicted molar refractivity (Wildman–Crippen MR) is 325 cm³/mol. The minimum absolute atomic E-state index is 0.114. The van der Waals surface area contributed by atoms with Gasteiger partial charge in [0.05, 0.1) is 0 Å². The quantitative estimate of drug-likeness (QED) is 0.0261. The van der Waals surface area contributed by atoms with Crippen molar-refractivity contribution in [3.05, 3.63) is 158 Å². The lowest BCUT2D eigenvalue weighted by Crippen LogP contribution is -2.30.